The maximum Gasteiger partial charge on any atom is 0.100 e. The van der Waals surface area contributed by atoms with Crippen molar-refractivity contribution in [1.82, 2.24) is 0 Å². The number of rotatable bonds is 6. The van der Waals surface area contributed by atoms with Gasteiger partial charge >= 0.3 is 0 Å². The minimum absolute atomic E-state index is 0.539. The van der Waals surface area contributed by atoms with E-state index in [9.17, 15) is 4.39 Å². The molecule has 1 fully saturated rings. The van der Waals surface area contributed by atoms with Crippen LogP contribution in [0.25, 0.3) is 17.2 Å². The van der Waals surface area contributed by atoms with Crippen molar-refractivity contribution in [1.29, 1.82) is 0 Å². The van der Waals surface area contributed by atoms with Gasteiger partial charge in [-0.2, -0.15) is 0 Å². The molecule has 0 atom stereocenters. The van der Waals surface area contributed by atoms with E-state index in [4.69, 9.17) is 0 Å². The lowest BCUT2D eigenvalue weighted by atomic mass is 9.83. The molecule has 0 N–H and O–H groups in total. The monoisotopic (exact) mass is 336 g/mol. The van der Waals surface area contributed by atoms with E-state index < -0.39 is 6.17 Å². The summed E-state index contributed by atoms with van der Waals surface area (Å²) in [7, 11) is 0. The fourth-order valence-electron chi connectivity index (χ4n) is 3.66. The Balaban J connectivity index is 1.63. The highest BCUT2D eigenvalue weighted by atomic mass is 19.1. The number of unbranched alkanes of at least 4 members (excludes halogenated alkanes) is 2. The van der Waals surface area contributed by atoms with Gasteiger partial charge in [-0.1, -0.05) is 80.4 Å². The minimum Gasteiger partial charge on any atom is -0.247 e. The lowest BCUT2D eigenvalue weighted by Gasteiger charge is -2.24. The molecule has 0 amide bonds. The maximum absolute atomic E-state index is 13.3. The molecule has 132 valence electrons. The van der Waals surface area contributed by atoms with Crippen LogP contribution in [-0.4, -0.2) is 6.17 Å². The van der Waals surface area contributed by atoms with Crippen LogP contribution in [0.5, 0.6) is 0 Å². The normalized spacial score (nSPS) is 20.9. The Labute approximate surface area is 151 Å². The van der Waals surface area contributed by atoms with E-state index >= 15 is 0 Å². The third-order valence-corrected chi connectivity index (χ3v) is 5.32. The van der Waals surface area contributed by atoms with Gasteiger partial charge in [0.1, 0.15) is 6.17 Å². The summed E-state index contributed by atoms with van der Waals surface area (Å²) in [5.74, 6) is 0.539. The Morgan fingerprint density at radius 2 is 1.48 bits per heavy atom. The van der Waals surface area contributed by atoms with Crippen molar-refractivity contribution in [3.8, 4) is 11.1 Å². The molecule has 0 spiro atoms. The molecule has 1 saturated carbocycles. The second kappa shape index (κ2) is 8.99. The molecule has 0 aromatic heterocycles. The molecule has 0 aliphatic heterocycles. The van der Waals surface area contributed by atoms with E-state index in [0.29, 0.717) is 5.92 Å². The topological polar surface area (TPSA) is 0 Å². The fourth-order valence-corrected chi connectivity index (χ4v) is 3.66. The number of allylic oxidation sites excluding steroid dienone is 1. The van der Waals surface area contributed by atoms with Gasteiger partial charge in [-0.25, -0.2) is 4.39 Å². The second-order valence-corrected chi connectivity index (χ2v) is 7.24. The van der Waals surface area contributed by atoms with Crippen LogP contribution in [0.15, 0.2) is 54.6 Å². The number of hydrogen-bond donors (Lipinski definition) is 0. The molecule has 1 aliphatic rings. The molecular weight excluding hydrogens is 307 g/mol. The van der Waals surface area contributed by atoms with Crippen LogP contribution in [0.4, 0.5) is 4.39 Å². The summed E-state index contributed by atoms with van der Waals surface area (Å²) in [6.45, 7) is 2.22. The van der Waals surface area contributed by atoms with E-state index in [2.05, 4.69) is 67.6 Å². The van der Waals surface area contributed by atoms with Crippen LogP contribution in [-0.2, 0) is 0 Å². The molecular formula is C24H29F. The lowest BCUT2D eigenvalue weighted by Crippen LogP contribution is -2.13. The summed E-state index contributed by atoms with van der Waals surface area (Å²) in [6, 6.07) is 17.7. The third kappa shape index (κ3) is 5.04. The molecule has 0 radical (unpaired) electrons. The Hall–Kier alpha value is -1.89. The van der Waals surface area contributed by atoms with Gasteiger partial charge in [-0.3, -0.25) is 0 Å². The van der Waals surface area contributed by atoms with Crippen molar-refractivity contribution in [3.63, 3.8) is 0 Å². The van der Waals surface area contributed by atoms with Gasteiger partial charge in [-0.05, 0) is 60.3 Å². The highest BCUT2D eigenvalue weighted by Crippen LogP contribution is 2.34. The first-order valence-electron chi connectivity index (χ1n) is 9.77. The third-order valence-electron chi connectivity index (χ3n) is 5.32. The summed E-state index contributed by atoms with van der Waals surface area (Å²) in [4.78, 5) is 0. The van der Waals surface area contributed by atoms with Crippen molar-refractivity contribution >= 4 is 6.08 Å². The number of halogens is 1. The standard InChI is InChI=1S/C24H29F/c1-2-3-4-5-6-19-7-9-20(10-8-19)21-11-13-22(14-12-21)23-15-17-24(25)18-16-23/h5-14,23-24H,2-4,15-18H2,1H3/t23-,24-. The lowest BCUT2D eigenvalue weighted by molar-refractivity contribution is 0.235. The summed E-state index contributed by atoms with van der Waals surface area (Å²) in [6.07, 6.45) is 11.0. The predicted octanol–water partition coefficient (Wildman–Crippen LogP) is 7.55. The maximum atomic E-state index is 13.3. The molecule has 25 heavy (non-hydrogen) atoms. The Kier molecular flexibility index (Phi) is 6.44. The average Bonchev–Trinajstić information content (AvgIpc) is 2.67. The highest BCUT2D eigenvalue weighted by molar-refractivity contribution is 5.66. The van der Waals surface area contributed by atoms with E-state index in [1.807, 2.05) is 0 Å². The Bertz CT molecular complexity index is 658. The Morgan fingerprint density at radius 3 is 2.08 bits per heavy atom. The van der Waals surface area contributed by atoms with Gasteiger partial charge in [-0.15, -0.1) is 0 Å². The molecule has 0 saturated heterocycles. The zero-order chi connectivity index (χ0) is 17.5. The fraction of sp³-hybridized carbons (Fsp3) is 0.417. The smallest absolute Gasteiger partial charge is 0.100 e. The zero-order valence-electron chi connectivity index (χ0n) is 15.3. The van der Waals surface area contributed by atoms with E-state index in [0.717, 1.165) is 32.1 Å². The van der Waals surface area contributed by atoms with Gasteiger partial charge in [0, 0.05) is 0 Å². The highest BCUT2D eigenvalue weighted by Gasteiger charge is 2.21. The summed E-state index contributed by atoms with van der Waals surface area (Å²) >= 11 is 0. The summed E-state index contributed by atoms with van der Waals surface area (Å²) in [5, 5.41) is 0. The molecule has 1 aliphatic carbocycles. The van der Waals surface area contributed by atoms with Gasteiger partial charge in [0.25, 0.3) is 0 Å². The summed E-state index contributed by atoms with van der Waals surface area (Å²) < 4.78 is 13.3. The first-order valence-corrected chi connectivity index (χ1v) is 9.77. The molecule has 0 heterocycles. The molecule has 2 aromatic rings. The van der Waals surface area contributed by atoms with E-state index in [-0.39, 0.29) is 0 Å². The van der Waals surface area contributed by atoms with Gasteiger partial charge in [0.2, 0.25) is 0 Å². The SMILES string of the molecule is CCCCC=Cc1ccc(-c2ccc([C@H]3CC[C@H](F)CC3)cc2)cc1. The average molecular weight is 336 g/mol. The van der Waals surface area contributed by atoms with Gasteiger partial charge in [0.15, 0.2) is 0 Å². The molecule has 0 bridgehead atoms. The molecule has 1 heteroatoms. The van der Waals surface area contributed by atoms with Gasteiger partial charge < -0.3 is 0 Å². The van der Waals surface area contributed by atoms with E-state index in [1.165, 1.54) is 35.1 Å². The number of benzene rings is 2. The van der Waals surface area contributed by atoms with Crippen molar-refractivity contribution in [2.24, 2.45) is 0 Å². The predicted molar refractivity (Wildman–Crippen MR) is 107 cm³/mol. The molecule has 2 aromatic carbocycles. The van der Waals surface area contributed by atoms with Crippen LogP contribution in [0.1, 0.15) is 68.9 Å². The molecule has 3 rings (SSSR count). The summed E-state index contributed by atoms with van der Waals surface area (Å²) in [5.41, 5.74) is 5.14. The number of alkyl halides is 1. The first kappa shape index (κ1) is 17.9. The van der Waals surface area contributed by atoms with Crippen molar-refractivity contribution in [2.75, 3.05) is 0 Å². The second-order valence-electron chi connectivity index (χ2n) is 7.24. The van der Waals surface area contributed by atoms with Gasteiger partial charge in [0.05, 0.1) is 0 Å². The largest absolute Gasteiger partial charge is 0.247 e. The van der Waals surface area contributed by atoms with Crippen LogP contribution in [0, 0.1) is 0 Å². The van der Waals surface area contributed by atoms with Crippen LogP contribution in [0.3, 0.4) is 0 Å². The number of hydrogen-bond acceptors (Lipinski definition) is 0. The van der Waals surface area contributed by atoms with Crippen molar-refractivity contribution < 1.29 is 4.39 Å². The van der Waals surface area contributed by atoms with Crippen molar-refractivity contribution in [3.05, 3.63) is 65.7 Å². The van der Waals surface area contributed by atoms with Crippen LogP contribution in [0.2, 0.25) is 0 Å². The zero-order valence-corrected chi connectivity index (χ0v) is 15.3. The van der Waals surface area contributed by atoms with E-state index in [1.54, 1.807) is 0 Å². The minimum atomic E-state index is -0.579. The quantitative estimate of drug-likeness (QED) is 0.478. The first-order chi connectivity index (χ1) is 12.3. The molecule has 0 unspecified atom stereocenters. The molecule has 0 nitrogen and oxygen atoms in total. The Morgan fingerprint density at radius 1 is 0.880 bits per heavy atom. The van der Waals surface area contributed by atoms with Crippen molar-refractivity contribution in [2.45, 2.75) is 64.0 Å². The van der Waals surface area contributed by atoms with Crippen LogP contribution < -0.4 is 0 Å². The van der Waals surface area contributed by atoms with Crippen LogP contribution >= 0.6 is 0 Å².